The van der Waals surface area contributed by atoms with Gasteiger partial charge in [0.2, 0.25) is 0 Å². The summed E-state index contributed by atoms with van der Waals surface area (Å²) in [7, 11) is 0. The molecule has 0 aromatic heterocycles. The molecule has 0 aromatic carbocycles. The number of hydrogen-bond donors (Lipinski definition) is 3. The van der Waals surface area contributed by atoms with Crippen LogP contribution in [0.2, 0.25) is 0 Å². The first-order chi connectivity index (χ1) is 2.81. The smallest absolute Gasteiger partial charge is 0.0755 e. The summed E-state index contributed by atoms with van der Waals surface area (Å²) < 4.78 is 0. The molecule has 1 N–H and O–H groups in total. The van der Waals surface area contributed by atoms with Crippen LogP contribution in [0.15, 0.2) is 0 Å². The van der Waals surface area contributed by atoms with Crippen molar-refractivity contribution in [2.45, 2.75) is 6.10 Å². The van der Waals surface area contributed by atoms with Crippen LogP contribution in [0, 0.1) is 5.75 Å². The van der Waals surface area contributed by atoms with Crippen molar-refractivity contribution in [1.82, 2.24) is 0 Å². The highest BCUT2D eigenvalue weighted by Gasteiger charge is 1.92. The van der Waals surface area contributed by atoms with Gasteiger partial charge in [-0.3, -0.25) is 0 Å². The summed E-state index contributed by atoms with van der Waals surface area (Å²) in [4.78, 5) is 0. The van der Waals surface area contributed by atoms with Gasteiger partial charge in [-0.2, -0.15) is 25.3 Å². The van der Waals surface area contributed by atoms with Gasteiger partial charge in [-0.1, -0.05) is 0 Å². The Bertz CT molecular complexity index is 28.0. The van der Waals surface area contributed by atoms with E-state index in [0.29, 0.717) is 5.75 Å². The van der Waals surface area contributed by atoms with Crippen LogP contribution in [0.1, 0.15) is 0 Å². The topological polar surface area (TPSA) is 20.2 Å². The normalized spacial score (nSPS) is 10.0. The number of aliphatic hydroxyl groups is 1. The Hall–Kier alpha value is 0.660. The Labute approximate surface area is 48.6 Å². The zero-order chi connectivity index (χ0) is 4.99. The van der Waals surface area contributed by atoms with Crippen molar-refractivity contribution < 1.29 is 5.11 Å². The van der Waals surface area contributed by atoms with Crippen LogP contribution in [-0.2, 0) is 0 Å². The predicted octanol–water partition coefficient (Wildman–Crippen LogP) is 0.369. The maximum Gasteiger partial charge on any atom is 0.0755 e. The van der Waals surface area contributed by atoms with E-state index in [2.05, 4.69) is 25.3 Å². The Balaban J connectivity index is 2.75. The van der Waals surface area contributed by atoms with E-state index in [1.807, 2.05) is 0 Å². The second-order valence-electron chi connectivity index (χ2n) is 0.899. The zero-order valence-electron chi connectivity index (χ0n) is 3.20. The summed E-state index contributed by atoms with van der Waals surface area (Å²) >= 11 is 7.44. The number of rotatable bonds is 2. The summed E-state index contributed by atoms with van der Waals surface area (Å²) in [6, 6.07) is 0. The fourth-order valence-electron chi connectivity index (χ4n) is 0.0471. The molecule has 0 aromatic rings. The average Bonchev–Trinajstić information content (AvgIpc) is 1.65. The summed E-state index contributed by atoms with van der Waals surface area (Å²) in [5.41, 5.74) is 0. The SMILES string of the molecule is OC([CH]S)CS. The fourth-order valence-corrected chi connectivity index (χ4v) is 0.424. The molecule has 1 unspecified atom stereocenters. The minimum absolute atomic E-state index is 0.448. The molecule has 1 nitrogen and oxygen atoms in total. The molecule has 0 aliphatic rings. The highest BCUT2D eigenvalue weighted by atomic mass is 32.1. The van der Waals surface area contributed by atoms with Gasteiger partial charge in [0, 0.05) is 11.5 Å². The fraction of sp³-hybridized carbons (Fsp3) is 0.667. The van der Waals surface area contributed by atoms with Gasteiger partial charge in [0.25, 0.3) is 0 Å². The maximum atomic E-state index is 8.46. The van der Waals surface area contributed by atoms with Gasteiger partial charge in [-0.25, -0.2) is 0 Å². The van der Waals surface area contributed by atoms with Crippen molar-refractivity contribution in [3.05, 3.63) is 5.75 Å². The van der Waals surface area contributed by atoms with Crippen LogP contribution in [0.5, 0.6) is 0 Å². The van der Waals surface area contributed by atoms with Crippen LogP contribution in [-0.4, -0.2) is 17.0 Å². The van der Waals surface area contributed by atoms with E-state index >= 15 is 0 Å². The molecule has 0 amide bonds. The molecule has 0 aliphatic carbocycles. The van der Waals surface area contributed by atoms with E-state index in [1.165, 1.54) is 5.75 Å². The lowest BCUT2D eigenvalue weighted by atomic mass is 10.5. The standard InChI is InChI=1S/C3H7OS2/c4-3(1-5)2-6/h1,3-6H,2H2. The molecule has 3 heteroatoms. The molecule has 1 radical (unpaired) electrons. The highest BCUT2D eigenvalue weighted by Crippen LogP contribution is 1.93. The van der Waals surface area contributed by atoms with Gasteiger partial charge < -0.3 is 5.11 Å². The van der Waals surface area contributed by atoms with Gasteiger partial charge in [0.15, 0.2) is 0 Å². The predicted molar refractivity (Wildman–Crippen MR) is 33.1 cm³/mol. The first-order valence-electron chi connectivity index (χ1n) is 1.57. The Kier molecular flexibility index (Phi) is 4.26. The number of aliphatic hydroxyl groups excluding tert-OH is 1. The van der Waals surface area contributed by atoms with E-state index in [9.17, 15) is 0 Å². The van der Waals surface area contributed by atoms with Crippen LogP contribution in [0.25, 0.3) is 0 Å². The Morgan fingerprint density at radius 1 is 1.83 bits per heavy atom. The van der Waals surface area contributed by atoms with Gasteiger partial charge >= 0.3 is 0 Å². The van der Waals surface area contributed by atoms with Crippen LogP contribution < -0.4 is 0 Å². The van der Waals surface area contributed by atoms with Gasteiger partial charge in [-0.15, -0.1) is 0 Å². The number of hydrogen-bond acceptors (Lipinski definition) is 3. The van der Waals surface area contributed by atoms with Crippen LogP contribution in [0.4, 0.5) is 0 Å². The maximum absolute atomic E-state index is 8.46. The van der Waals surface area contributed by atoms with Crippen LogP contribution in [0.3, 0.4) is 0 Å². The molecule has 6 heavy (non-hydrogen) atoms. The molecule has 0 fully saturated rings. The van der Waals surface area contributed by atoms with Crippen molar-refractivity contribution in [2.24, 2.45) is 0 Å². The second-order valence-corrected chi connectivity index (χ2v) is 1.56. The van der Waals surface area contributed by atoms with E-state index in [4.69, 9.17) is 5.11 Å². The minimum atomic E-state index is -0.461. The molecule has 1 atom stereocenters. The van der Waals surface area contributed by atoms with Crippen molar-refractivity contribution >= 4 is 25.3 Å². The third-order valence-electron chi connectivity index (χ3n) is 0.359. The molecule has 0 spiro atoms. The molecular formula is C3H7OS2. The monoisotopic (exact) mass is 123 g/mol. The van der Waals surface area contributed by atoms with E-state index in [-0.39, 0.29) is 0 Å². The Morgan fingerprint density at radius 3 is 2.33 bits per heavy atom. The van der Waals surface area contributed by atoms with Crippen molar-refractivity contribution in [2.75, 3.05) is 5.75 Å². The third-order valence-corrected chi connectivity index (χ3v) is 1.08. The number of thiol groups is 2. The lowest BCUT2D eigenvalue weighted by molar-refractivity contribution is 0.243. The molecule has 0 bridgehead atoms. The van der Waals surface area contributed by atoms with Gasteiger partial charge in [-0.05, 0) is 0 Å². The molecule has 0 saturated heterocycles. The molecular weight excluding hydrogens is 116 g/mol. The molecule has 0 heterocycles. The molecule has 37 valence electrons. The first kappa shape index (κ1) is 6.66. The van der Waals surface area contributed by atoms with Crippen molar-refractivity contribution in [3.8, 4) is 0 Å². The van der Waals surface area contributed by atoms with Crippen molar-refractivity contribution in [3.63, 3.8) is 0 Å². The van der Waals surface area contributed by atoms with Gasteiger partial charge in [0.05, 0.1) is 6.10 Å². The second kappa shape index (κ2) is 3.84. The summed E-state index contributed by atoms with van der Waals surface area (Å²) in [6.07, 6.45) is -0.461. The molecule has 0 rings (SSSR count). The highest BCUT2D eigenvalue weighted by molar-refractivity contribution is 7.82. The van der Waals surface area contributed by atoms with Crippen LogP contribution >= 0.6 is 25.3 Å². The Morgan fingerprint density at radius 2 is 2.33 bits per heavy atom. The molecule has 0 aliphatic heterocycles. The lowest BCUT2D eigenvalue weighted by Gasteiger charge is -1.96. The summed E-state index contributed by atoms with van der Waals surface area (Å²) in [5, 5.41) is 8.46. The lowest BCUT2D eigenvalue weighted by Crippen LogP contribution is -2.03. The van der Waals surface area contributed by atoms with E-state index < -0.39 is 6.10 Å². The quantitative estimate of drug-likeness (QED) is 0.453. The molecule has 0 saturated carbocycles. The average molecular weight is 123 g/mol. The summed E-state index contributed by atoms with van der Waals surface area (Å²) in [5.74, 6) is 1.84. The largest absolute Gasteiger partial charge is 0.391 e. The first-order valence-corrected chi connectivity index (χ1v) is 2.72. The van der Waals surface area contributed by atoms with Crippen molar-refractivity contribution in [1.29, 1.82) is 0 Å². The third kappa shape index (κ3) is 2.87. The van der Waals surface area contributed by atoms with Gasteiger partial charge in [0.1, 0.15) is 0 Å². The zero-order valence-corrected chi connectivity index (χ0v) is 4.99. The van der Waals surface area contributed by atoms with E-state index in [1.54, 1.807) is 0 Å². The minimum Gasteiger partial charge on any atom is -0.391 e. The summed E-state index contributed by atoms with van der Waals surface area (Å²) in [6.45, 7) is 0. The van der Waals surface area contributed by atoms with E-state index in [0.717, 1.165) is 0 Å².